The van der Waals surface area contributed by atoms with E-state index in [4.69, 9.17) is 5.26 Å². The van der Waals surface area contributed by atoms with Gasteiger partial charge in [0.2, 0.25) is 0 Å². The zero-order valence-corrected chi connectivity index (χ0v) is 7.53. The Morgan fingerprint density at radius 3 is 2.20 bits per heavy atom. The van der Waals surface area contributed by atoms with Gasteiger partial charge in [0.15, 0.2) is 0 Å². The van der Waals surface area contributed by atoms with Crippen LogP contribution in [0.25, 0.3) is 0 Å². The van der Waals surface area contributed by atoms with E-state index < -0.39 is 24.0 Å². The molecular weight excluding hydrogens is 223 g/mol. The lowest BCUT2D eigenvalue weighted by Gasteiger charge is -2.20. The number of alkyl halides is 5. The second-order valence-corrected chi connectivity index (χ2v) is 2.81. The summed E-state index contributed by atoms with van der Waals surface area (Å²) in [6.45, 7) is 1.15. The molecule has 0 aliphatic carbocycles. The van der Waals surface area contributed by atoms with Crippen LogP contribution in [0.4, 0.5) is 22.0 Å². The van der Waals surface area contributed by atoms with Gasteiger partial charge in [0.05, 0.1) is 12.5 Å². The van der Waals surface area contributed by atoms with Crippen molar-refractivity contribution in [2.45, 2.75) is 31.5 Å². The van der Waals surface area contributed by atoms with E-state index in [-0.39, 0.29) is 6.42 Å². The predicted molar refractivity (Wildman–Crippen MR) is 38.8 cm³/mol. The van der Waals surface area contributed by atoms with Crippen molar-refractivity contribution in [2.24, 2.45) is 0 Å². The van der Waals surface area contributed by atoms with Crippen LogP contribution < -0.4 is 5.32 Å². The SMILES string of the molecule is CC(CC#N)NC(=O)C(F)(F)C(F)(F)F. The molecule has 0 saturated heterocycles. The summed E-state index contributed by atoms with van der Waals surface area (Å²) in [5.74, 6) is -7.88. The van der Waals surface area contributed by atoms with Gasteiger partial charge in [-0.1, -0.05) is 0 Å². The van der Waals surface area contributed by atoms with Crippen molar-refractivity contribution in [3.8, 4) is 6.07 Å². The Kier molecular flexibility index (Phi) is 4.01. The Balaban J connectivity index is 4.53. The first-order chi connectivity index (χ1) is 6.63. The van der Waals surface area contributed by atoms with Crippen LogP contribution in [-0.2, 0) is 4.79 Å². The maximum Gasteiger partial charge on any atom is 0.463 e. The van der Waals surface area contributed by atoms with Crippen LogP contribution in [0.2, 0.25) is 0 Å². The quantitative estimate of drug-likeness (QED) is 0.748. The maximum absolute atomic E-state index is 12.3. The van der Waals surface area contributed by atoms with Gasteiger partial charge >= 0.3 is 18.0 Å². The van der Waals surface area contributed by atoms with Gasteiger partial charge in [0.25, 0.3) is 0 Å². The second-order valence-electron chi connectivity index (χ2n) is 2.81. The summed E-state index contributed by atoms with van der Waals surface area (Å²) in [6.07, 6.45) is -6.27. The third-order valence-corrected chi connectivity index (χ3v) is 1.42. The fourth-order valence-electron chi connectivity index (χ4n) is 0.631. The van der Waals surface area contributed by atoms with E-state index in [0.29, 0.717) is 0 Å². The molecule has 0 aliphatic rings. The highest BCUT2D eigenvalue weighted by Gasteiger charge is 2.63. The Labute approximate surface area is 81.9 Å². The molecule has 86 valence electrons. The summed E-state index contributed by atoms with van der Waals surface area (Å²) in [6, 6.07) is 0.463. The third-order valence-electron chi connectivity index (χ3n) is 1.42. The molecule has 0 heterocycles. The minimum Gasteiger partial charge on any atom is -0.347 e. The molecule has 0 radical (unpaired) electrons. The lowest BCUT2D eigenvalue weighted by molar-refractivity contribution is -0.270. The molecule has 0 aliphatic heterocycles. The third kappa shape index (κ3) is 3.34. The highest BCUT2D eigenvalue weighted by atomic mass is 19.4. The van der Waals surface area contributed by atoms with E-state index in [9.17, 15) is 26.7 Å². The number of halogens is 5. The highest BCUT2D eigenvalue weighted by molar-refractivity contribution is 5.84. The van der Waals surface area contributed by atoms with Gasteiger partial charge in [-0.25, -0.2) is 0 Å². The summed E-state index contributed by atoms with van der Waals surface area (Å²) in [4.78, 5) is 10.5. The molecule has 1 atom stereocenters. The average molecular weight is 230 g/mol. The molecule has 0 spiro atoms. The van der Waals surface area contributed by atoms with E-state index in [1.165, 1.54) is 11.4 Å². The fraction of sp³-hybridized carbons (Fsp3) is 0.714. The monoisotopic (exact) mass is 230 g/mol. The van der Waals surface area contributed by atoms with Gasteiger partial charge in [-0.2, -0.15) is 27.2 Å². The summed E-state index contributed by atoms with van der Waals surface area (Å²) in [5, 5.41) is 9.50. The fourth-order valence-corrected chi connectivity index (χ4v) is 0.631. The maximum atomic E-state index is 12.3. The van der Waals surface area contributed by atoms with Gasteiger partial charge in [-0.15, -0.1) is 0 Å². The first-order valence-electron chi connectivity index (χ1n) is 3.75. The molecule has 1 amide bonds. The van der Waals surface area contributed by atoms with Crippen LogP contribution in [-0.4, -0.2) is 24.0 Å². The first kappa shape index (κ1) is 13.6. The largest absolute Gasteiger partial charge is 0.463 e. The predicted octanol–water partition coefficient (Wildman–Crippen LogP) is 1.60. The number of nitriles is 1. The van der Waals surface area contributed by atoms with E-state index in [0.717, 1.165) is 6.92 Å². The van der Waals surface area contributed by atoms with Crippen LogP contribution in [0.3, 0.4) is 0 Å². The molecule has 1 unspecified atom stereocenters. The highest BCUT2D eigenvalue weighted by Crippen LogP contribution is 2.35. The molecule has 0 rings (SSSR count). The van der Waals surface area contributed by atoms with Crippen LogP contribution >= 0.6 is 0 Å². The standard InChI is InChI=1S/C7H7F5N2O/c1-4(2-3-13)14-5(15)6(8,9)7(10,11)12/h4H,2H2,1H3,(H,14,15). The summed E-state index contributed by atoms with van der Waals surface area (Å²) >= 11 is 0. The molecule has 15 heavy (non-hydrogen) atoms. The Hall–Kier alpha value is -1.39. The molecule has 0 fully saturated rings. The van der Waals surface area contributed by atoms with Crippen molar-refractivity contribution in [3.05, 3.63) is 0 Å². The smallest absolute Gasteiger partial charge is 0.347 e. The number of rotatable bonds is 3. The molecule has 1 N–H and O–H groups in total. The summed E-state index contributed by atoms with van der Waals surface area (Å²) < 4.78 is 59.5. The lowest BCUT2D eigenvalue weighted by atomic mass is 10.2. The van der Waals surface area contributed by atoms with E-state index in [1.807, 2.05) is 0 Å². The molecular formula is C7H7F5N2O. The second kappa shape index (κ2) is 4.42. The number of hydrogen-bond acceptors (Lipinski definition) is 2. The number of carbonyl (C=O) groups is 1. The van der Waals surface area contributed by atoms with Gasteiger partial charge in [0.1, 0.15) is 0 Å². The van der Waals surface area contributed by atoms with Crippen molar-refractivity contribution in [1.82, 2.24) is 5.32 Å². The molecule has 8 heteroatoms. The van der Waals surface area contributed by atoms with Gasteiger partial charge < -0.3 is 5.32 Å². The molecule has 0 aromatic rings. The number of amides is 1. The molecule has 0 bridgehead atoms. The number of nitrogens with zero attached hydrogens (tertiary/aromatic N) is 1. The number of hydrogen-bond donors (Lipinski definition) is 1. The molecule has 0 aromatic carbocycles. The minimum atomic E-state index is -5.93. The zero-order chi connectivity index (χ0) is 12.3. The van der Waals surface area contributed by atoms with Crippen LogP contribution in [0.5, 0.6) is 0 Å². The van der Waals surface area contributed by atoms with Gasteiger partial charge in [-0.3, -0.25) is 4.79 Å². The number of nitrogens with one attached hydrogen (secondary N) is 1. The van der Waals surface area contributed by atoms with Crippen molar-refractivity contribution in [3.63, 3.8) is 0 Å². The lowest BCUT2D eigenvalue weighted by Crippen LogP contribution is -2.52. The van der Waals surface area contributed by atoms with E-state index in [2.05, 4.69) is 0 Å². The zero-order valence-electron chi connectivity index (χ0n) is 7.53. The summed E-state index contributed by atoms with van der Waals surface area (Å²) in [5.41, 5.74) is 0. The summed E-state index contributed by atoms with van der Waals surface area (Å²) in [7, 11) is 0. The molecule has 0 aromatic heterocycles. The Morgan fingerprint density at radius 2 is 1.87 bits per heavy atom. The minimum absolute atomic E-state index is 0.348. The van der Waals surface area contributed by atoms with Crippen LogP contribution in [0.15, 0.2) is 0 Å². The van der Waals surface area contributed by atoms with Crippen molar-refractivity contribution >= 4 is 5.91 Å². The number of carbonyl (C=O) groups excluding carboxylic acids is 1. The van der Waals surface area contributed by atoms with Crippen LogP contribution in [0, 0.1) is 11.3 Å². The first-order valence-corrected chi connectivity index (χ1v) is 3.75. The van der Waals surface area contributed by atoms with Crippen molar-refractivity contribution in [1.29, 1.82) is 5.26 Å². The Bertz CT molecular complexity index is 280. The van der Waals surface area contributed by atoms with Crippen molar-refractivity contribution < 1.29 is 26.7 Å². The molecule has 0 saturated carbocycles. The van der Waals surface area contributed by atoms with Gasteiger partial charge in [-0.05, 0) is 6.92 Å². The van der Waals surface area contributed by atoms with Crippen LogP contribution in [0.1, 0.15) is 13.3 Å². The van der Waals surface area contributed by atoms with Crippen molar-refractivity contribution in [2.75, 3.05) is 0 Å². The van der Waals surface area contributed by atoms with E-state index >= 15 is 0 Å². The molecule has 3 nitrogen and oxygen atoms in total. The van der Waals surface area contributed by atoms with E-state index in [1.54, 1.807) is 0 Å². The normalized spacial score (nSPS) is 14.2. The average Bonchev–Trinajstić information content (AvgIpc) is 2.02. The van der Waals surface area contributed by atoms with Gasteiger partial charge in [0, 0.05) is 6.04 Å². The topological polar surface area (TPSA) is 52.9 Å². The Morgan fingerprint density at radius 1 is 1.40 bits per heavy atom.